The lowest BCUT2D eigenvalue weighted by Gasteiger charge is -2.34. The van der Waals surface area contributed by atoms with Crippen LogP contribution in [0.4, 0.5) is 11.8 Å². The van der Waals surface area contributed by atoms with Gasteiger partial charge in [0.25, 0.3) is 5.56 Å². The second-order valence-electron chi connectivity index (χ2n) is 11.8. The van der Waals surface area contributed by atoms with Crippen molar-refractivity contribution in [2.45, 2.75) is 77.8 Å². The van der Waals surface area contributed by atoms with Crippen LogP contribution in [0.5, 0.6) is 11.5 Å². The van der Waals surface area contributed by atoms with E-state index in [-0.39, 0.29) is 29.7 Å². The maximum Gasteiger partial charge on any atom is 0.331 e. The van der Waals surface area contributed by atoms with E-state index in [1.54, 1.807) is 11.6 Å². The van der Waals surface area contributed by atoms with Crippen LogP contribution in [-0.4, -0.2) is 51.4 Å². The Morgan fingerprint density at radius 2 is 1.57 bits per heavy atom. The summed E-state index contributed by atoms with van der Waals surface area (Å²) in [6.07, 6.45) is 7.24. The van der Waals surface area contributed by atoms with Crippen LogP contribution >= 0.6 is 12.4 Å². The number of halogens is 1. The van der Waals surface area contributed by atoms with Gasteiger partial charge >= 0.3 is 5.69 Å². The first-order chi connectivity index (χ1) is 20.9. The summed E-state index contributed by atoms with van der Waals surface area (Å²) in [6.45, 7) is 8.22. The molecule has 2 aromatic carbocycles. The average molecular weight is 623 g/mol. The Hall–Kier alpha value is -3.79. The number of benzene rings is 2. The SMILES string of the molecule is CCOc1cc2nc(NC3CCCCC3)nc(N3CCC(n4c(=O)c5cc(C)ccc5n(C)c4=O)CC3)c2cc1OCC.Cl. The molecular formula is C33H43ClN6O4. The highest BCUT2D eigenvalue weighted by Crippen LogP contribution is 2.38. The van der Waals surface area contributed by atoms with Gasteiger partial charge in [-0.2, -0.15) is 4.98 Å². The van der Waals surface area contributed by atoms with Gasteiger partial charge in [-0.25, -0.2) is 9.78 Å². The number of nitrogens with one attached hydrogen (secondary N) is 1. The van der Waals surface area contributed by atoms with Gasteiger partial charge in [0.1, 0.15) is 5.82 Å². The Kier molecular flexibility index (Phi) is 9.68. The Balaban J connectivity index is 0.00000384. The number of nitrogens with zero attached hydrogens (tertiary/aromatic N) is 5. The van der Waals surface area contributed by atoms with Gasteiger partial charge in [0.2, 0.25) is 5.95 Å². The minimum Gasteiger partial charge on any atom is -0.490 e. The molecule has 0 amide bonds. The number of fused-ring (bicyclic) bond motifs is 2. The van der Waals surface area contributed by atoms with Crippen LogP contribution in [0.1, 0.15) is 70.4 Å². The fourth-order valence-electron chi connectivity index (χ4n) is 6.64. The molecule has 1 N–H and O–H groups in total. The molecule has 0 radical (unpaired) electrons. The molecule has 1 aliphatic heterocycles. The van der Waals surface area contributed by atoms with Crippen LogP contribution in [0.2, 0.25) is 0 Å². The number of aryl methyl sites for hydroxylation is 2. The Bertz CT molecular complexity index is 1760. The molecule has 4 aromatic rings. The van der Waals surface area contributed by atoms with Crippen molar-refractivity contribution in [1.82, 2.24) is 19.1 Å². The van der Waals surface area contributed by atoms with E-state index in [0.717, 1.165) is 35.1 Å². The summed E-state index contributed by atoms with van der Waals surface area (Å²) in [6, 6.07) is 9.77. The molecule has 1 aliphatic carbocycles. The third-order valence-corrected chi connectivity index (χ3v) is 8.86. The first-order valence-corrected chi connectivity index (χ1v) is 15.7. The molecule has 0 spiro atoms. The highest BCUT2D eigenvalue weighted by atomic mass is 35.5. The molecule has 3 heterocycles. The lowest BCUT2D eigenvalue weighted by Crippen LogP contribution is -2.45. The fraction of sp³-hybridized carbons (Fsp3) is 0.515. The largest absolute Gasteiger partial charge is 0.490 e. The van der Waals surface area contributed by atoms with Crippen molar-refractivity contribution in [3.8, 4) is 11.5 Å². The van der Waals surface area contributed by atoms with Gasteiger partial charge in [-0.05, 0) is 64.7 Å². The van der Waals surface area contributed by atoms with E-state index < -0.39 is 0 Å². The number of hydrogen-bond acceptors (Lipinski definition) is 8. The molecule has 0 unspecified atom stereocenters. The average Bonchev–Trinajstić information content (AvgIpc) is 3.01. The van der Waals surface area contributed by atoms with Crippen LogP contribution in [0.3, 0.4) is 0 Å². The topological polar surface area (TPSA) is 104 Å². The van der Waals surface area contributed by atoms with E-state index >= 15 is 0 Å². The standard InChI is InChI=1S/C33H42N6O4.ClH/c1-5-42-28-19-24-26(20-29(28)43-6-2)35-32(34-22-10-8-7-9-11-22)36-30(24)38-16-14-23(15-17-38)39-31(40)25-18-21(3)12-13-27(25)37(4)33(39)41;/h12-13,18-20,22-23H,5-11,14-17H2,1-4H3,(H,34,35,36);1H. The molecule has 6 rings (SSSR count). The summed E-state index contributed by atoms with van der Waals surface area (Å²) < 4.78 is 14.9. The second-order valence-corrected chi connectivity index (χ2v) is 11.8. The van der Waals surface area contributed by atoms with E-state index in [4.69, 9.17) is 19.4 Å². The molecule has 236 valence electrons. The van der Waals surface area contributed by atoms with E-state index in [1.807, 2.05) is 51.1 Å². The van der Waals surface area contributed by atoms with Gasteiger partial charge in [0.05, 0.1) is 29.6 Å². The van der Waals surface area contributed by atoms with Crippen LogP contribution in [-0.2, 0) is 7.05 Å². The van der Waals surface area contributed by atoms with Gasteiger partial charge in [-0.15, -0.1) is 12.4 Å². The summed E-state index contributed by atoms with van der Waals surface area (Å²) in [5.74, 6) is 2.80. The van der Waals surface area contributed by atoms with Crippen molar-refractivity contribution in [1.29, 1.82) is 0 Å². The second kappa shape index (κ2) is 13.5. The minimum atomic E-state index is -0.268. The van der Waals surface area contributed by atoms with Crippen molar-refractivity contribution < 1.29 is 9.47 Å². The number of ether oxygens (including phenoxy) is 2. The molecule has 0 atom stereocenters. The van der Waals surface area contributed by atoms with Crippen molar-refractivity contribution in [2.24, 2.45) is 7.05 Å². The maximum atomic E-state index is 13.6. The molecule has 0 bridgehead atoms. The zero-order chi connectivity index (χ0) is 30.1. The van der Waals surface area contributed by atoms with E-state index in [2.05, 4.69) is 10.2 Å². The predicted octanol–water partition coefficient (Wildman–Crippen LogP) is 5.76. The summed E-state index contributed by atoms with van der Waals surface area (Å²) in [7, 11) is 1.74. The predicted molar refractivity (Wildman–Crippen MR) is 178 cm³/mol. The Labute approximate surface area is 263 Å². The lowest BCUT2D eigenvalue weighted by atomic mass is 9.96. The number of aromatic nitrogens is 4. The molecule has 1 saturated carbocycles. The minimum absolute atomic E-state index is 0. The van der Waals surface area contributed by atoms with Crippen molar-refractivity contribution in [3.05, 3.63) is 56.7 Å². The number of anilines is 2. The van der Waals surface area contributed by atoms with Gasteiger partial charge in [0, 0.05) is 43.7 Å². The smallest absolute Gasteiger partial charge is 0.331 e. The highest BCUT2D eigenvalue weighted by Gasteiger charge is 2.28. The van der Waals surface area contributed by atoms with Gasteiger partial charge in [-0.3, -0.25) is 13.9 Å². The quantitative estimate of drug-likeness (QED) is 0.265. The lowest BCUT2D eigenvalue weighted by molar-refractivity contribution is 0.288. The summed E-state index contributed by atoms with van der Waals surface area (Å²) in [5.41, 5.74) is 1.98. The van der Waals surface area contributed by atoms with E-state index in [0.29, 0.717) is 73.5 Å². The van der Waals surface area contributed by atoms with Gasteiger partial charge in [0.15, 0.2) is 11.5 Å². The Morgan fingerprint density at radius 1 is 0.886 bits per heavy atom. The highest BCUT2D eigenvalue weighted by molar-refractivity contribution is 5.93. The third-order valence-electron chi connectivity index (χ3n) is 8.86. The van der Waals surface area contributed by atoms with Crippen molar-refractivity contribution in [3.63, 3.8) is 0 Å². The number of piperidine rings is 1. The molecule has 11 heteroatoms. The molecule has 2 aromatic heterocycles. The number of rotatable bonds is 8. The molecule has 44 heavy (non-hydrogen) atoms. The van der Waals surface area contributed by atoms with Crippen molar-refractivity contribution in [2.75, 3.05) is 36.5 Å². The van der Waals surface area contributed by atoms with Gasteiger partial charge in [-0.1, -0.05) is 30.9 Å². The maximum absolute atomic E-state index is 13.6. The fourth-order valence-corrected chi connectivity index (χ4v) is 6.64. The molecule has 10 nitrogen and oxygen atoms in total. The van der Waals surface area contributed by atoms with Gasteiger partial charge < -0.3 is 19.7 Å². The first kappa shape index (κ1) is 31.6. The zero-order valence-corrected chi connectivity index (χ0v) is 26.9. The van der Waals surface area contributed by atoms with Crippen LogP contribution in [0.15, 0.2) is 39.9 Å². The molecule has 2 fully saturated rings. The Morgan fingerprint density at radius 3 is 2.25 bits per heavy atom. The number of hydrogen-bond donors (Lipinski definition) is 1. The first-order valence-electron chi connectivity index (χ1n) is 15.7. The van der Waals surface area contributed by atoms with E-state index in [9.17, 15) is 9.59 Å². The molecular weight excluding hydrogens is 580 g/mol. The van der Waals surface area contributed by atoms with Crippen LogP contribution in [0.25, 0.3) is 21.8 Å². The summed E-state index contributed by atoms with van der Waals surface area (Å²) in [4.78, 5) is 39.2. The van der Waals surface area contributed by atoms with Crippen molar-refractivity contribution >= 4 is 46.0 Å². The third kappa shape index (κ3) is 6.09. The monoisotopic (exact) mass is 622 g/mol. The van der Waals surface area contributed by atoms with E-state index in [1.165, 1.54) is 23.8 Å². The van der Waals surface area contributed by atoms with Crippen LogP contribution < -0.4 is 30.9 Å². The zero-order valence-electron chi connectivity index (χ0n) is 26.1. The molecule has 1 saturated heterocycles. The van der Waals surface area contributed by atoms with Crippen LogP contribution in [0, 0.1) is 6.92 Å². The summed E-state index contributed by atoms with van der Waals surface area (Å²) >= 11 is 0. The molecule has 2 aliphatic rings. The normalized spacial score (nSPS) is 16.2. The summed E-state index contributed by atoms with van der Waals surface area (Å²) in [5, 5.41) is 5.09.